The number of aliphatic hydroxyl groups excluding tert-OH is 1. The molecule has 2 N–H and O–H groups in total. The second-order valence-corrected chi connectivity index (χ2v) is 4.76. The van der Waals surface area contributed by atoms with Crippen LogP contribution in [0.3, 0.4) is 0 Å². The van der Waals surface area contributed by atoms with Gasteiger partial charge in [-0.15, -0.1) is 0 Å². The summed E-state index contributed by atoms with van der Waals surface area (Å²) in [5, 5.41) is 13.3. The van der Waals surface area contributed by atoms with Gasteiger partial charge in [-0.05, 0) is 37.1 Å². The van der Waals surface area contributed by atoms with Crippen molar-refractivity contribution in [1.29, 1.82) is 0 Å². The van der Waals surface area contributed by atoms with Crippen molar-refractivity contribution in [1.82, 2.24) is 5.32 Å². The van der Waals surface area contributed by atoms with Crippen LogP contribution in [0.25, 0.3) is 0 Å². The number of hydrogen-bond donors (Lipinski definition) is 2. The van der Waals surface area contributed by atoms with Gasteiger partial charge in [0, 0.05) is 6.04 Å². The van der Waals surface area contributed by atoms with Gasteiger partial charge < -0.3 is 10.4 Å². The molecule has 1 saturated heterocycles. The average Bonchev–Trinajstić information content (AvgIpc) is 2.40. The van der Waals surface area contributed by atoms with E-state index in [1.807, 2.05) is 0 Å². The summed E-state index contributed by atoms with van der Waals surface area (Å²) in [6.45, 7) is 5.19. The lowest BCUT2D eigenvalue weighted by molar-refractivity contribution is 0.113. The number of piperidine rings is 1. The van der Waals surface area contributed by atoms with Crippen LogP contribution in [-0.2, 0) is 0 Å². The Bertz CT molecular complexity index is 337. The van der Waals surface area contributed by atoms with Gasteiger partial charge in [-0.1, -0.05) is 38.8 Å². The zero-order valence-electron chi connectivity index (χ0n) is 11.3. The molecule has 2 nitrogen and oxygen atoms in total. The van der Waals surface area contributed by atoms with Crippen LogP contribution in [0.1, 0.15) is 51.2 Å². The van der Waals surface area contributed by atoms with Crippen LogP contribution in [-0.4, -0.2) is 17.7 Å². The first kappa shape index (κ1) is 15.1. The predicted molar refractivity (Wildman–Crippen MR) is 73.0 cm³/mol. The molecule has 2 atom stereocenters. The van der Waals surface area contributed by atoms with Crippen LogP contribution < -0.4 is 5.32 Å². The largest absolute Gasteiger partial charge is 0.387 e. The molecule has 1 fully saturated rings. The predicted octanol–water partition coefficient (Wildman–Crippen LogP) is 3.42. The number of rotatable bonds is 2. The quantitative estimate of drug-likeness (QED) is 0.846. The third-order valence-electron chi connectivity index (χ3n) is 2.92. The summed E-state index contributed by atoms with van der Waals surface area (Å²) < 4.78 is 13.0. The van der Waals surface area contributed by atoms with E-state index < -0.39 is 6.10 Å². The Morgan fingerprint density at radius 3 is 2.67 bits per heavy atom. The van der Waals surface area contributed by atoms with E-state index in [1.165, 1.54) is 18.6 Å². The Labute approximate surface area is 109 Å². The summed E-state index contributed by atoms with van der Waals surface area (Å²) in [7, 11) is 0. The Morgan fingerprint density at radius 1 is 1.39 bits per heavy atom. The molecule has 2 rings (SSSR count). The first-order chi connectivity index (χ1) is 8.69. The van der Waals surface area contributed by atoms with Crippen molar-refractivity contribution in [2.45, 2.75) is 51.7 Å². The Balaban J connectivity index is 0.000000492. The van der Waals surface area contributed by atoms with Crippen LogP contribution in [0, 0.1) is 5.82 Å². The maximum atomic E-state index is 13.0. The normalized spacial score (nSPS) is 20.8. The topological polar surface area (TPSA) is 32.3 Å². The standard InChI is InChI=1S/C12H16FNO.C3H8/c13-10-5-3-4-9(8-10)12(15)11-6-1-2-7-14-11;1-3-2/h3-5,8,11-12,14-15H,1-2,6-7H2;3H2,1-2H3. The van der Waals surface area contributed by atoms with Gasteiger partial charge in [-0.2, -0.15) is 0 Å². The summed E-state index contributed by atoms with van der Waals surface area (Å²) in [6, 6.07) is 6.27. The van der Waals surface area contributed by atoms with Crippen LogP contribution in [0.2, 0.25) is 0 Å². The summed E-state index contributed by atoms with van der Waals surface area (Å²) in [4.78, 5) is 0. The van der Waals surface area contributed by atoms with Crippen molar-refractivity contribution in [3.63, 3.8) is 0 Å². The fourth-order valence-corrected chi connectivity index (χ4v) is 2.07. The summed E-state index contributed by atoms with van der Waals surface area (Å²) in [5.41, 5.74) is 0.661. The minimum atomic E-state index is -0.596. The van der Waals surface area contributed by atoms with Gasteiger partial charge in [0.05, 0.1) is 6.10 Å². The number of benzene rings is 1. The molecule has 1 aromatic carbocycles. The van der Waals surface area contributed by atoms with Crippen molar-refractivity contribution < 1.29 is 9.50 Å². The Morgan fingerprint density at radius 2 is 2.11 bits per heavy atom. The summed E-state index contributed by atoms with van der Waals surface area (Å²) in [6.07, 6.45) is 3.90. The maximum absolute atomic E-state index is 13.0. The molecule has 1 aromatic rings. The first-order valence-corrected chi connectivity index (χ1v) is 6.86. The van der Waals surface area contributed by atoms with Crippen LogP contribution >= 0.6 is 0 Å². The lowest BCUT2D eigenvalue weighted by atomic mass is 9.95. The van der Waals surface area contributed by atoms with E-state index in [-0.39, 0.29) is 11.9 Å². The molecule has 1 heterocycles. The Hall–Kier alpha value is -0.930. The molecule has 18 heavy (non-hydrogen) atoms. The monoisotopic (exact) mass is 253 g/mol. The van der Waals surface area contributed by atoms with Gasteiger partial charge >= 0.3 is 0 Å². The molecule has 0 aromatic heterocycles. The van der Waals surface area contributed by atoms with Crippen LogP contribution in [0.4, 0.5) is 4.39 Å². The zero-order valence-corrected chi connectivity index (χ0v) is 11.3. The molecular weight excluding hydrogens is 229 g/mol. The minimum absolute atomic E-state index is 0.0700. The third kappa shape index (κ3) is 4.75. The van der Waals surface area contributed by atoms with E-state index in [1.54, 1.807) is 12.1 Å². The first-order valence-electron chi connectivity index (χ1n) is 6.86. The molecule has 3 heteroatoms. The smallest absolute Gasteiger partial charge is 0.123 e. The van der Waals surface area contributed by atoms with Gasteiger partial charge in [0.2, 0.25) is 0 Å². The van der Waals surface area contributed by atoms with Crippen LogP contribution in [0.15, 0.2) is 24.3 Å². The SMILES string of the molecule is CCC.OC(c1cccc(F)c1)C1CCCCN1. The minimum Gasteiger partial charge on any atom is -0.387 e. The Kier molecular flexibility index (Phi) is 6.91. The van der Waals surface area contributed by atoms with Crippen LogP contribution in [0.5, 0.6) is 0 Å². The summed E-state index contributed by atoms with van der Waals surface area (Å²) >= 11 is 0. The molecule has 1 aliphatic rings. The average molecular weight is 253 g/mol. The lowest BCUT2D eigenvalue weighted by Crippen LogP contribution is -2.38. The molecule has 0 saturated carbocycles. The molecule has 0 spiro atoms. The lowest BCUT2D eigenvalue weighted by Gasteiger charge is -2.28. The van der Waals surface area contributed by atoms with Crippen molar-refractivity contribution >= 4 is 0 Å². The maximum Gasteiger partial charge on any atom is 0.123 e. The number of nitrogens with one attached hydrogen (secondary N) is 1. The van der Waals surface area contributed by atoms with Gasteiger partial charge in [0.1, 0.15) is 5.82 Å². The van der Waals surface area contributed by atoms with Crippen molar-refractivity contribution in [3.05, 3.63) is 35.6 Å². The number of halogens is 1. The van der Waals surface area contributed by atoms with Crippen molar-refractivity contribution in [2.75, 3.05) is 6.54 Å². The zero-order chi connectivity index (χ0) is 13.4. The second kappa shape index (κ2) is 8.22. The van der Waals surface area contributed by atoms with Gasteiger partial charge in [0.15, 0.2) is 0 Å². The van der Waals surface area contributed by atoms with Gasteiger partial charge in [0.25, 0.3) is 0 Å². The summed E-state index contributed by atoms with van der Waals surface area (Å²) in [5.74, 6) is -0.289. The van der Waals surface area contributed by atoms with E-state index >= 15 is 0 Å². The molecule has 0 amide bonds. The van der Waals surface area contributed by atoms with E-state index in [4.69, 9.17) is 0 Å². The van der Waals surface area contributed by atoms with E-state index in [2.05, 4.69) is 19.2 Å². The van der Waals surface area contributed by atoms with Crippen molar-refractivity contribution in [3.8, 4) is 0 Å². The highest BCUT2D eigenvalue weighted by Gasteiger charge is 2.22. The molecule has 2 unspecified atom stereocenters. The molecular formula is C15H24FNO. The molecule has 1 aliphatic heterocycles. The highest BCUT2D eigenvalue weighted by atomic mass is 19.1. The fraction of sp³-hybridized carbons (Fsp3) is 0.600. The fourth-order valence-electron chi connectivity index (χ4n) is 2.07. The number of aliphatic hydroxyl groups is 1. The molecule has 0 radical (unpaired) electrons. The third-order valence-corrected chi connectivity index (χ3v) is 2.92. The number of hydrogen-bond acceptors (Lipinski definition) is 2. The van der Waals surface area contributed by atoms with Gasteiger partial charge in [-0.25, -0.2) is 4.39 Å². The van der Waals surface area contributed by atoms with E-state index in [9.17, 15) is 9.50 Å². The van der Waals surface area contributed by atoms with E-state index in [0.717, 1.165) is 25.8 Å². The van der Waals surface area contributed by atoms with Gasteiger partial charge in [-0.3, -0.25) is 0 Å². The highest BCUT2D eigenvalue weighted by Crippen LogP contribution is 2.23. The molecule has 0 bridgehead atoms. The molecule has 102 valence electrons. The van der Waals surface area contributed by atoms with E-state index in [0.29, 0.717) is 5.56 Å². The van der Waals surface area contributed by atoms with Crippen molar-refractivity contribution in [2.24, 2.45) is 0 Å². The second-order valence-electron chi connectivity index (χ2n) is 4.76. The highest BCUT2D eigenvalue weighted by molar-refractivity contribution is 5.20. The molecule has 0 aliphatic carbocycles.